The molecule has 3 heteroatoms. The van der Waals surface area contributed by atoms with E-state index in [-0.39, 0.29) is 0 Å². The first-order chi connectivity index (χ1) is 6.85. The van der Waals surface area contributed by atoms with Crippen LogP contribution in [-0.2, 0) is 0 Å². The van der Waals surface area contributed by atoms with Gasteiger partial charge in [-0.3, -0.25) is 4.79 Å². The lowest BCUT2D eigenvalue weighted by Gasteiger charge is -2.00. The molecule has 0 aliphatic rings. The van der Waals surface area contributed by atoms with Gasteiger partial charge in [-0.05, 0) is 28.1 Å². The van der Waals surface area contributed by atoms with E-state index in [1.54, 1.807) is 30.3 Å². The van der Waals surface area contributed by atoms with Crippen LogP contribution in [0.1, 0.15) is 10.4 Å². The Bertz CT molecular complexity index is 506. The average Bonchev–Trinajstić information content (AvgIpc) is 2.27. The molecule has 0 bridgehead atoms. The number of hydrogen-bond acceptors (Lipinski definition) is 3. The van der Waals surface area contributed by atoms with Crippen LogP contribution in [0.4, 0.5) is 5.69 Å². The van der Waals surface area contributed by atoms with Gasteiger partial charge in [-0.2, -0.15) is 0 Å². The molecule has 0 fully saturated rings. The van der Waals surface area contributed by atoms with Crippen molar-refractivity contribution in [2.24, 2.45) is 5.18 Å². The molecule has 0 amide bonds. The van der Waals surface area contributed by atoms with Crippen molar-refractivity contribution in [2.75, 3.05) is 0 Å². The van der Waals surface area contributed by atoms with Crippen LogP contribution < -0.4 is 0 Å². The predicted octanol–water partition coefficient (Wildman–Crippen LogP) is 3.05. The molecule has 0 heterocycles. The second-order valence-corrected chi connectivity index (χ2v) is 2.96. The normalized spacial score (nSPS) is 10.0. The van der Waals surface area contributed by atoms with E-state index in [0.717, 1.165) is 17.1 Å². The first-order valence-corrected chi connectivity index (χ1v) is 4.16. The standard InChI is InChI=1S/C11H7NO2/c13-7-9-3-1-2-8-4-5-10(12-14)6-11(8)9/h1-7H. The van der Waals surface area contributed by atoms with Gasteiger partial charge < -0.3 is 0 Å². The molecule has 2 aromatic rings. The monoisotopic (exact) mass is 185 g/mol. The van der Waals surface area contributed by atoms with E-state index in [4.69, 9.17) is 0 Å². The molecule has 0 aliphatic heterocycles. The Hall–Kier alpha value is -2.03. The number of nitroso groups, excluding NO2 is 1. The zero-order valence-corrected chi connectivity index (χ0v) is 7.31. The van der Waals surface area contributed by atoms with Crippen molar-refractivity contribution in [3.63, 3.8) is 0 Å². The van der Waals surface area contributed by atoms with Crippen molar-refractivity contribution in [1.29, 1.82) is 0 Å². The van der Waals surface area contributed by atoms with Crippen LogP contribution in [0, 0.1) is 4.91 Å². The van der Waals surface area contributed by atoms with E-state index in [9.17, 15) is 9.70 Å². The molecule has 3 nitrogen and oxygen atoms in total. The van der Waals surface area contributed by atoms with Gasteiger partial charge in [0.25, 0.3) is 0 Å². The summed E-state index contributed by atoms with van der Waals surface area (Å²) in [6, 6.07) is 10.4. The highest BCUT2D eigenvalue weighted by atomic mass is 16.3. The Morgan fingerprint density at radius 2 is 2.00 bits per heavy atom. The largest absolute Gasteiger partial charge is 0.298 e. The van der Waals surface area contributed by atoms with Crippen molar-refractivity contribution in [3.8, 4) is 0 Å². The maximum absolute atomic E-state index is 10.7. The number of fused-ring (bicyclic) bond motifs is 1. The van der Waals surface area contributed by atoms with Gasteiger partial charge in [-0.25, -0.2) is 0 Å². The van der Waals surface area contributed by atoms with Crippen molar-refractivity contribution in [1.82, 2.24) is 0 Å². The van der Waals surface area contributed by atoms with E-state index in [1.165, 1.54) is 0 Å². The number of carbonyl (C=O) groups excluding carboxylic acids is 1. The summed E-state index contributed by atoms with van der Waals surface area (Å²) >= 11 is 0. The Kier molecular flexibility index (Phi) is 2.07. The highest BCUT2D eigenvalue weighted by Gasteiger charge is 2.00. The van der Waals surface area contributed by atoms with Gasteiger partial charge >= 0.3 is 0 Å². The van der Waals surface area contributed by atoms with Crippen LogP contribution in [0.25, 0.3) is 10.8 Å². The lowest BCUT2D eigenvalue weighted by Crippen LogP contribution is -1.82. The van der Waals surface area contributed by atoms with Gasteiger partial charge in [0.15, 0.2) is 6.29 Å². The number of aldehydes is 1. The summed E-state index contributed by atoms with van der Waals surface area (Å²) in [7, 11) is 0. The summed E-state index contributed by atoms with van der Waals surface area (Å²) < 4.78 is 0. The topological polar surface area (TPSA) is 46.5 Å². The fourth-order valence-electron chi connectivity index (χ4n) is 1.44. The Morgan fingerprint density at radius 1 is 1.14 bits per heavy atom. The number of rotatable bonds is 2. The summed E-state index contributed by atoms with van der Waals surface area (Å²) in [4.78, 5) is 21.0. The van der Waals surface area contributed by atoms with Crippen molar-refractivity contribution in [3.05, 3.63) is 46.9 Å². The second kappa shape index (κ2) is 3.38. The molecule has 0 N–H and O–H groups in total. The van der Waals surface area contributed by atoms with Crippen LogP contribution in [-0.4, -0.2) is 6.29 Å². The molecule has 14 heavy (non-hydrogen) atoms. The van der Waals surface area contributed by atoms with Crippen molar-refractivity contribution >= 4 is 22.7 Å². The summed E-state index contributed by atoms with van der Waals surface area (Å²) in [6.45, 7) is 0. The van der Waals surface area contributed by atoms with Gasteiger partial charge in [0, 0.05) is 5.56 Å². The Balaban J connectivity index is 2.82. The third kappa shape index (κ3) is 1.29. The van der Waals surface area contributed by atoms with E-state index >= 15 is 0 Å². The Morgan fingerprint density at radius 3 is 2.71 bits per heavy atom. The molecule has 0 aliphatic carbocycles. The van der Waals surface area contributed by atoms with Crippen molar-refractivity contribution in [2.45, 2.75) is 0 Å². The summed E-state index contributed by atoms with van der Waals surface area (Å²) in [5.74, 6) is 0. The molecular weight excluding hydrogens is 178 g/mol. The number of carbonyl (C=O) groups is 1. The molecule has 2 rings (SSSR count). The minimum absolute atomic E-state index is 0.340. The van der Waals surface area contributed by atoms with Crippen LogP contribution in [0.5, 0.6) is 0 Å². The maximum atomic E-state index is 10.7. The smallest absolute Gasteiger partial charge is 0.150 e. The number of benzene rings is 2. The average molecular weight is 185 g/mol. The summed E-state index contributed by atoms with van der Waals surface area (Å²) in [5.41, 5.74) is 0.916. The maximum Gasteiger partial charge on any atom is 0.150 e. The van der Waals surface area contributed by atoms with E-state index in [2.05, 4.69) is 5.18 Å². The fourth-order valence-corrected chi connectivity index (χ4v) is 1.44. The molecule has 0 saturated carbocycles. The number of hydrogen-bond donors (Lipinski definition) is 0. The molecule has 0 atom stereocenters. The first-order valence-electron chi connectivity index (χ1n) is 4.16. The fraction of sp³-hybridized carbons (Fsp3) is 0. The minimum atomic E-state index is 0.340. The molecule has 0 unspecified atom stereocenters. The molecule has 0 radical (unpaired) electrons. The third-order valence-corrected chi connectivity index (χ3v) is 2.13. The zero-order valence-electron chi connectivity index (χ0n) is 7.31. The van der Waals surface area contributed by atoms with E-state index < -0.39 is 0 Å². The SMILES string of the molecule is O=Cc1cccc2ccc(N=O)cc12. The van der Waals surface area contributed by atoms with Gasteiger partial charge in [0.2, 0.25) is 0 Å². The van der Waals surface area contributed by atoms with Crippen LogP contribution >= 0.6 is 0 Å². The lowest BCUT2D eigenvalue weighted by molar-refractivity contribution is 0.112. The molecule has 68 valence electrons. The Labute approximate surface area is 80.3 Å². The van der Waals surface area contributed by atoms with Gasteiger partial charge in [-0.15, -0.1) is 4.91 Å². The quantitative estimate of drug-likeness (QED) is 0.533. The molecule has 0 spiro atoms. The van der Waals surface area contributed by atoms with Crippen molar-refractivity contribution < 1.29 is 4.79 Å². The van der Waals surface area contributed by atoms with E-state index in [0.29, 0.717) is 11.3 Å². The molecular formula is C11H7NO2. The van der Waals surface area contributed by atoms with Gasteiger partial charge in [0.1, 0.15) is 5.69 Å². The first kappa shape index (κ1) is 8.56. The zero-order chi connectivity index (χ0) is 9.97. The molecule has 2 aromatic carbocycles. The highest BCUT2D eigenvalue weighted by molar-refractivity contribution is 5.99. The van der Waals surface area contributed by atoms with Gasteiger partial charge in [-0.1, -0.05) is 24.3 Å². The third-order valence-electron chi connectivity index (χ3n) is 2.13. The summed E-state index contributed by atoms with van der Waals surface area (Å²) in [5, 5.41) is 4.53. The molecule has 0 saturated heterocycles. The van der Waals surface area contributed by atoms with Crippen LogP contribution in [0.3, 0.4) is 0 Å². The van der Waals surface area contributed by atoms with Crippen LogP contribution in [0.2, 0.25) is 0 Å². The lowest BCUT2D eigenvalue weighted by atomic mass is 10.1. The van der Waals surface area contributed by atoms with Gasteiger partial charge in [0.05, 0.1) is 0 Å². The highest BCUT2D eigenvalue weighted by Crippen LogP contribution is 2.23. The van der Waals surface area contributed by atoms with E-state index in [1.807, 2.05) is 6.07 Å². The van der Waals surface area contributed by atoms with Crippen LogP contribution in [0.15, 0.2) is 41.6 Å². The second-order valence-electron chi connectivity index (χ2n) is 2.96. The number of nitrogens with zero attached hydrogens (tertiary/aromatic N) is 1. The molecule has 0 aromatic heterocycles. The predicted molar refractivity (Wildman–Crippen MR) is 54.8 cm³/mol. The minimum Gasteiger partial charge on any atom is -0.298 e. The summed E-state index contributed by atoms with van der Waals surface area (Å²) in [6.07, 6.45) is 0.775.